The van der Waals surface area contributed by atoms with Crippen LogP contribution in [0.2, 0.25) is 0 Å². The number of para-hydroxylation sites is 2. The van der Waals surface area contributed by atoms with E-state index in [0.717, 1.165) is 5.39 Å². The van der Waals surface area contributed by atoms with Gasteiger partial charge in [0.05, 0.1) is 0 Å². The molecule has 3 aromatic carbocycles. The van der Waals surface area contributed by atoms with Gasteiger partial charge < -0.3 is 30.2 Å². The van der Waals surface area contributed by atoms with E-state index in [1.807, 2.05) is 43.3 Å². The SMILES string of the molecule is CC(Cc1c(C(=O)O)n(Cc2ccc(NCS(=O)(=O)C(F)(F)F)cc2)c2ccccc12)NCC(O)COc1ccccc1. The van der Waals surface area contributed by atoms with Crippen molar-refractivity contribution in [3.63, 3.8) is 0 Å². The summed E-state index contributed by atoms with van der Waals surface area (Å²) in [5.41, 5.74) is -3.12. The quantitative estimate of drug-likeness (QED) is 0.161. The second-order valence-corrected chi connectivity index (χ2v) is 12.1. The molecule has 0 saturated carbocycles. The van der Waals surface area contributed by atoms with E-state index in [9.17, 15) is 36.6 Å². The Bertz CT molecular complexity index is 1640. The number of aromatic nitrogens is 1. The van der Waals surface area contributed by atoms with E-state index in [-0.39, 0.29) is 37.1 Å². The van der Waals surface area contributed by atoms with Crippen molar-refractivity contribution in [2.75, 3.05) is 24.3 Å². The Morgan fingerprint density at radius 1 is 1.00 bits per heavy atom. The third-order valence-electron chi connectivity index (χ3n) is 6.79. The van der Waals surface area contributed by atoms with Crippen molar-refractivity contribution in [3.8, 4) is 5.75 Å². The fraction of sp³-hybridized carbons (Fsp3) is 0.300. The largest absolute Gasteiger partial charge is 0.499 e. The summed E-state index contributed by atoms with van der Waals surface area (Å²) in [5.74, 6) is -1.77. The fourth-order valence-electron chi connectivity index (χ4n) is 4.64. The van der Waals surface area contributed by atoms with Gasteiger partial charge in [-0.15, -0.1) is 0 Å². The Balaban J connectivity index is 1.47. The first kappa shape index (κ1) is 31.9. The number of carbonyl (C=O) groups is 1. The van der Waals surface area contributed by atoms with Gasteiger partial charge in [-0.2, -0.15) is 13.2 Å². The Hall–Kier alpha value is -4.07. The summed E-state index contributed by atoms with van der Waals surface area (Å²) in [6.07, 6.45) is -0.424. The number of ether oxygens (including phenoxy) is 1. The lowest BCUT2D eigenvalue weighted by atomic mass is 10.0. The third-order valence-corrected chi connectivity index (χ3v) is 8.02. The molecule has 2 unspecified atom stereocenters. The number of nitrogens with zero attached hydrogens (tertiary/aromatic N) is 1. The molecule has 230 valence electrons. The minimum atomic E-state index is -5.36. The van der Waals surface area contributed by atoms with Crippen molar-refractivity contribution in [2.45, 2.75) is 37.5 Å². The van der Waals surface area contributed by atoms with Gasteiger partial charge in [0.2, 0.25) is 0 Å². The number of carboxylic acids is 1. The molecule has 4 rings (SSSR count). The lowest BCUT2D eigenvalue weighted by Crippen LogP contribution is -2.37. The molecule has 0 fully saturated rings. The van der Waals surface area contributed by atoms with Crippen LogP contribution in [-0.4, -0.2) is 65.8 Å². The standard InChI is InChI=1S/C30H32F3N3O6S/c1-20(34-16-23(37)18-42-24-7-3-2-4-8-24)15-26-25-9-5-6-10-27(25)36(28(26)29(38)39)17-21-11-13-22(14-12-21)35-19-43(40,41)30(31,32)33/h2-14,20,23,34-35,37H,15-19H2,1H3,(H,38,39). The van der Waals surface area contributed by atoms with Crippen LogP contribution in [0.1, 0.15) is 28.5 Å². The first-order valence-corrected chi connectivity index (χ1v) is 15.1. The molecule has 13 heteroatoms. The van der Waals surface area contributed by atoms with Crippen LogP contribution in [0, 0.1) is 0 Å². The van der Waals surface area contributed by atoms with Gasteiger partial charge >= 0.3 is 11.5 Å². The number of hydrogen-bond donors (Lipinski definition) is 4. The smallest absolute Gasteiger partial charge is 0.491 e. The monoisotopic (exact) mass is 619 g/mol. The van der Waals surface area contributed by atoms with Crippen LogP contribution in [0.3, 0.4) is 0 Å². The summed E-state index contributed by atoms with van der Waals surface area (Å²) < 4.78 is 67.8. The lowest BCUT2D eigenvalue weighted by Gasteiger charge is -2.18. The summed E-state index contributed by atoms with van der Waals surface area (Å²) in [5, 5.41) is 26.9. The zero-order chi connectivity index (χ0) is 31.2. The topological polar surface area (TPSA) is 130 Å². The number of aromatic carboxylic acids is 1. The first-order valence-electron chi connectivity index (χ1n) is 13.4. The first-order chi connectivity index (χ1) is 20.4. The Kier molecular flexibility index (Phi) is 9.99. The minimum absolute atomic E-state index is 0.0931. The Morgan fingerprint density at radius 3 is 2.30 bits per heavy atom. The predicted octanol–water partition coefficient (Wildman–Crippen LogP) is 4.65. The van der Waals surface area contributed by atoms with Crippen molar-refractivity contribution in [2.24, 2.45) is 0 Å². The van der Waals surface area contributed by atoms with E-state index in [0.29, 0.717) is 28.8 Å². The van der Waals surface area contributed by atoms with Crippen LogP contribution < -0.4 is 15.4 Å². The van der Waals surface area contributed by atoms with Gasteiger partial charge in [0.1, 0.15) is 30.0 Å². The number of sulfone groups is 1. The molecule has 0 radical (unpaired) electrons. The van der Waals surface area contributed by atoms with Gasteiger partial charge in [-0.05, 0) is 54.8 Å². The summed E-state index contributed by atoms with van der Waals surface area (Å²) in [6.45, 7) is 2.38. The molecule has 9 nitrogen and oxygen atoms in total. The number of halogens is 3. The van der Waals surface area contributed by atoms with E-state index >= 15 is 0 Å². The highest BCUT2D eigenvalue weighted by molar-refractivity contribution is 7.92. The predicted molar refractivity (Wildman–Crippen MR) is 157 cm³/mol. The highest BCUT2D eigenvalue weighted by atomic mass is 32.2. The van der Waals surface area contributed by atoms with Gasteiger partial charge in [-0.3, -0.25) is 0 Å². The number of hydrogen-bond acceptors (Lipinski definition) is 7. The molecule has 0 spiro atoms. The van der Waals surface area contributed by atoms with E-state index in [4.69, 9.17) is 4.74 Å². The highest BCUT2D eigenvalue weighted by Gasteiger charge is 2.45. The molecular formula is C30H32F3N3O6S. The molecule has 0 amide bonds. The third kappa shape index (κ3) is 8.06. The molecule has 0 bridgehead atoms. The Labute approximate surface area is 246 Å². The maximum atomic E-state index is 12.6. The molecule has 4 aromatic rings. The molecule has 0 aliphatic carbocycles. The molecule has 4 N–H and O–H groups in total. The summed E-state index contributed by atoms with van der Waals surface area (Å²) >= 11 is 0. The van der Waals surface area contributed by atoms with Gasteiger partial charge in [0.25, 0.3) is 9.84 Å². The minimum Gasteiger partial charge on any atom is -0.491 e. The molecule has 0 saturated heterocycles. The average molecular weight is 620 g/mol. The van der Waals surface area contributed by atoms with Crippen LogP contribution in [0.25, 0.3) is 10.9 Å². The number of anilines is 1. The maximum Gasteiger partial charge on any atom is 0.499 e. The zero-order valence-corrected chi connectivity index (χ0v) is 24.0. The molecule has 1 heterocycles. The number of aliphatic hydroxyl groups is 1. The van der Waals surface area contributed by atoms with Crippen molar-refractivity contribution in [1.82, 2.24) is 9.88 Å². The second kappa shape index (κ2) is 13.5. The van der Waals surface area contributed by atoms with E-state index in [1.54, 1.807) is 34.9 Å². The lowest BCUT2D eigenvalue weighted by molar-refractivity contribution is -0.0433. The van der Waals surface area contributed by atoms with Crippen molar-refractivity contribution in [3.05, 3.63) is 95.7 Å². The second-order valence-electron chi connectivity index (χ2n) is 10.1. The molecule has 2 atom stereocenters. The average Bonchev–Trinajstić information content (AvgIpc) is 3.27. The molecule has 1 aromatic heterocycles. The summed E-state index contributed by atoms with van der Waals surface area (Å²) in [4.78, 5) is 12.5. The summed E-state index contributed by atoms with van der Waals surface area (Å²) in [6, 6.07) is 22.3. The van der Waals surface area contributed by atoms with Gasteiger partial charge in [0, 0.05) is 35.7 Å². The maximum absolute atomic E-state index is 12.6. The molecule has 0 aliphatic heterocycles. The number of benzene rings is 3. The highest BCUT2D eigenvalue weighted by Crippen LogP contribution is 2.29. The number of fused-ring (bicyclic) bond motifs is 1. The number of nitrogens with one attached hydrogen (secondary N) is 2. The molecule has 43 heavy (non-hydrogen) atoms. The van der Waals surface area contributed by atoms with E-state index in [2.05, 4.69) is 10.6 Å². The zero-order valence-electron chi connectivity index (χ0n) is 23.2. The van der Waals surface area contributed by atoms with Crippen molar-refractivity contribution < 1.29 is 41.3 Å². The van der Waals surface area contributed by atoms with Gasteiger partial charge in [0.15, 0.2) is 0 Å². The Morgan fingerprint density at radius 2 is 1.65 bits per heavy atom. The van der Waals surface area contributed by atoms with Crippen molar-refractivity contribution in [1.29, 1.82) is 0 Å². The fourth-order valence-corrected chi connectivity index (χ4v) is 5.17. The number of carboxylic acid groups (broad SMARTS) is 1. The van der Waals surface area contributed by atoms with Gasteiger partial charge in [-0.25, -0.2) is 13.2 Å². The van der Waals surface area contributed by atoms with E-state index < -0.39 is 33.3 Å². The van der Waals surface area contributed by atoms with Crippen LogP contribution in [0.15, 0.2) is 78.9 Å². The number of aliphatic hydroxyl groups excluding tert-OH is 1. The van der Waals surface area contributed by atoms with Crippen LogP contribution in [-0.2, 0) is 22.8 Å². The van der Waals surface area contributed by atoms with E-state index in [1.165, 1.54) is 12.1 Å². The normalized spacial score (nSPS) is 13.5. The number of alkyl halides is 3. The van der Waals surface area contributed by atoms with Gasteiger partial charge in [-0.1, -0.05) is 48.5 Å². The summed E-state index contributed by atoms with van der Waals surface area (Å²) in [7, 11) is -5.33. The molecular weight excluding hydrogens is 587 g/mol. The number of rotatable bonds is 14. The van der Waals surface area contributed by atoms with Crippen LogP contribution >= 0.6 is 0 Å². The van der Waals surface area contributed by atoms with Crippen LogP contribution in [0.5, 0.6) is 5.75 Å². The molecule has 0 aliphatic rings. The van der Waals surface area contributed by atoms with Crippen molar-refractivity contribution >= 4 is 32.4 Å². The van der Waals surface area contributed by atoms with Crippen LogP contribution in [0.4, 0.5) is 18.9 Å².